The highest BCUT2D eigenvalue weighted by Crippen LogP contribution is 2.34. The van der Waals surface area contributed by atoms with Crippen LogP contribution in [0.25, 0.3) is 0 Å². The number of hydrogen-bond donors (Lipinski definition) is 1. The second-order valence-electron chi connectivity index (χ2n) is 4.09. The number of methoxy groups -OCH3 is 2. The lowest BCUT2D eigenvalue weighted by atomic mass is 10.1. The van der Waals surface area contributed by atoms with Crippen molar-refractivity contribution < 1.29 is 9.47 Å². The third-order valence-electron chi connectivity index (χ3n) is 3.05. The van der Waals surface area contributed by atoms with E-state index in [9.17, 15) is 0 Å². The van der Waals surface area contributed by atoms with Gasteiger partial charge in [0.1, 0.15) is 17.3 Å². The van der Waals surface area contributed by atoms with Crippen molar-refractivity contribution in [1.82, 2.24) is 0 Å². The van der Waals surface area contributed by atoms with Crippen LogP contribution in [0.2, 0.25) is 0 Å². The maximum Gasteiger partial charge on any atom is 0.146 e. The molecular weight excluding hydrogens is 216 g/mol. The van der Waals surface area contributed by atoms with E-state index in [-0.39, 0.29) is 0 Å². The van der Waals surface area contributed by atoms with Gasteiger partial charge < -0.3 is 14.4 Å². The van der Waals surface area contributed by atoms with Gasteiger partial charge in [0.25, 0.3) is 0 Å². The highest BCUT2D eigenvalue weighted by Gasteiger charge is 2.20. The number of hydrogen-bond acceptors (Lipinski definition) is 3. The van der Waals surface area contributed by atoms with E-state index in [4.69, 9.17) is 14.9 Å². The van der Waals surface area contributed by atoms with Crippen molar-refractivity contribution in [2.75, 3.05) is 25.7 Å². The number of amidine groups is 1. The van der Waals surface area contributed by atoms with Crippen LogP contribution in [0.1, 0.15) is 19.3 Å². The second kappa shape index (κ2) is 5.08. The molecule has 1 heterocycles. The second-order valence-corrected chi connectivity index (χ2v) is 4.09. The highest BCUT2D eigenvalue weighted by molar-refractivity contribution is 5.97. The van der Waals surface area contributed by atoms with Gasteiger partial charge in [0.05, 0.1) is 19.9 Å². The van der Waals surface area contributed by atoms with E-state index in [2.05, 4.69) is 0 Å². The minimum atomic E-state index is 0.666. The first kappa shape index (κ1) is 11.8. The zero-order valence-corrected chi connectivity index (χ0v) is 10.3. The van der Waals surface area contributed by atoms with E-state index in [0.717, 1.165) is 43.0 Å². The minimum Gasteiger partial charge on any atom is -0.497 e. The van der Waals surface area contributed by atoms with Crippen LogP contribution in [0.4, 0.5) is 5.69 Å². The maximum atomic E-state index is 7.99. The molecule has 1 aromatic rings. The molecule has 1 aromatic carbocycles. The number of anilines is 1. The lowest BCUT2D eigenvalue weighted by molar-refractivity contribution is 0.394. The van der Waals surface area contributed by atoms with Crippen LogP contribution in [0.15, 0.2) is 18.2 Å². The quantitative estimate of drug-likeness (QED) is 0.874. The number of ether oxygens (including phenoxy) is 2. The van der Waals surface area contributed by atoms with Gasteiger partial charge in [0, 0.05) is 19.0 Å². The van der Waals surface area contributed by atoms with Crippen molar-refractivity contribution in [3.63, 3.8) is 0 Å². The van der Waals surface area contributed by atoms with Gasteiger partial charge in [-0.2, -0.15) is 0 Å². The van der Waals surface area contributed by atoms with Crippen LogP contribution < -0.4 is 14.4 Å². The number of nitrogens with one attached hydrogen (secondary N) is 1. The van der Waals surface area contributed by atoms with Gasteiger partial charge in [-0.25, -0.2) is 0 Å². The van der Waals surface area contributed by atoms with Crippen LogP contribution in [-0.4, -0.2) is 26.6 Å². The molecule has 1 aliphatic heterocycles. The first-order chi connectivity index (χ1) is 8.26. The topological polar surface area (TPSA) is 45.5 Å². The lowest BCUT2D eigenvalue weighted by Gasteiger charge is -2.30. The molecule has 0 aromatic heterocycles. The van der Waals surface area contributed by atoms with Gasteiger partial charge >= 0.3 is 0 Å². The fourth-order valence-electron chi connectivity index (χ4n) is 2.11. The highest BCUT2D eigenvalue weighted by atomic mass is 16.5. The molecule has 0 unspecified atom stereocenters. The van der Waals surface area contributed by atoms with E-state index in [1.165, 1.54) is 0 Å². The smallest absolute Gasteiger partial charge is 0.146 e. The van der Waals surface area contributed by atoms with Crippen molar-refractivity contribution in [2.45, 2.75) is 19.3 Å². The summed E-state index contributed by atoms with van der Waals surface area (Å²) in [6.07, 6.45) is 3.07. The molecule has 0 atom stereocenters. The Labute approximate surface area is 102 Å². The molecule has 0 radical (unpaired) electrons. The molecule has 1 N–H and O–H groups in total. The Morgan fingerprint density at radius 2 is 2.00 bits per heavy atom. The molecule has 2 rings (SSSR count). The molecule has 1 aliphatic rings. The molecule has 1 saturated heterocycles. The van der Waals surface area contributed by atoms with Crippen LogP contribution >= 0.6 is 0 Å². The van der Waals surface area contributed by atoms with Crippen molar-refractivity contribution in [3.05, 3.63) is 18.2 Å². The molecule has 0 saturated carbocycles. The summed E-state index contributed by atoms with van der Waals surface area (Å²) in [4.78, 5) is 2.02. The third-order valence-corrected chi connectivity index (χ3v) is 3.05. The standard InChI is InChI=1S/C13H18N2O2/c1-16-10-6-7-11(12(9-10)17-2)15-8-4-3-5-13(15)14/h6-7,9,14H,3-5,8H2,1-2H3. The van der Waals surface area contributed by atoms with Gasteiger partial charge in [0.2, 0.25) is 0 Å². The summed E-state index contributed by atoms with van der Waals surface area (Å²) in [5.74, 6) is 2.20. The number of nitrogens with zero attached hydrogens (tertiary/aromatic N) is 1. The number of piperidine rings is 1. The summed E-state index contributed by atoms with van der Waals surface area (Å²) < 4.78 is 10.5. The van der Waals surface area contributed by atoms with E-state index in [1.807, 2.05) is 23.1 Å². The van der Waals surface area contributed by atoms with E-state index < -0.39 is 0 Å². The Bertz CT molecular complexity index is 418. The molecule has 0 bridgehead atoms. The number of benzene rings is 1. The normalized spacial score (nSPS) is 15.9. The van der Waals surface area contributed by atoms with E-state index in [1.54, 1.807) is 14.2 Å². The van der Waals surface area contributed by atoms with Crippen LogP contribution in [-0.2, 0) is 0 Å². The maximum absolute atomic E-state index is 7.99. The van der Waals surface area contributed by atoms with Gasteiger partial charge in [-0.3, -0.25) is 5.41 Å². The Morgan fingerprint density at radius 1 is 1.18 bits per heavy atom. The molecule has 4 nitrogen and oxygen atoms in total. The Morgan fingerprint density at radius 3 is 2.65 bits per heavy atom. The van der Waals surface area contributed by atoms with Crippen molar-refractivity contribution in [2.24, 2.45) is 0 Å². The molecule has 17 heavy (non-hydrogen) atoms. The zero-order valence-electron chi connectivity index (χ0n) is 10.3. The fraction of sp³-hybridized carbons (Fsp3) is 0.462. The Kier molecular flexibility index (Phi) is 3.52. The molecule has 4 heteroatoms. The van der Waals surface area contributed by atoms with Crippen LogP contribution in [0, 0.1) is 5.41 Å². The number of rotatable bonds is 3. The van der Waals surface area contributed by atoms with E-state index in [0.29, 0.717) is 5.84 Å². The first-order valence-corrected chi connectivity index (χ1v) is 5.83. The van der Waals surface area contributed by atoms with E-state index >= 15 is 0 Å². The monoisotopic (exact) mass is 234 g/mol. The average Bonchev–Trinajstić information content (AvgIpc) is 2.38. The van der Waals surface area contributed by atoms with Gasteiger partial charge in [-0.1, -0.05) is 0 Å². The van der Waals surface area contributed by atoms with Gasteiger partial charge in [-0.15, -0.1) is 0 Å². The Hall–Kier alpha value is -1.71. The summed E-state index contributed by atoms with van der Waals surface area (Å²) in [6, 6.07) is 5.72. The predicted molar refractivity (Wildman–Crippen MR) is 68.5 cm³/mol. The van der Waals surface area contributed by atoms with Crippen molar-refractivity contribution >= 4 is 11.5 Å². The minimum absolute atomic E-state index is 0.666. The molecule has 92 valence electrons. The SMILES string of the molecule is COc1ccc(N2CCCCC2=N)c(OC)c1. The largest absolute Gasteiger partial charge is 0.497 e. The van der Waals surface area contributed by atoms with Crippen LogP contribution in [0.3, 0.4) is 0 Å². The molecular formula is C13H18N2O2. The summed E-state index contributed by atoms with van der Waals surface area (Å²) in [7, 11) is 3.28. The summed E-state index contributed by atoms with van der Waals surface area (Å²) in [5, 5.41) is 7.99. The summed E-state index contributed by atoms with van der Waals surface area (Å²) >= 11 is 0. The average molecular weight is 234 g/mol. The predicted octanol–water partition coefficient (Wildman–Crippen LogP) is 2.67. The summed E-state index contributed by atoms with van der Waals surface area (Å²) in [6.45, 7) is 0.890. The zero-order chi connectivity index (χ0) is 12.3. The molecule has 0 spiro atoms. The molecule has 0 aliphatic carbocycles. The van der Waals surface area contributed by atoms with Crippen molar-refractivity contribution in [1.29, 1.82) is 5.41 Å². The van der Waals surface area contributed by atoms with Crippen LogP contribution in [0.5, 0.6) is 11.5 Å². The fourth-order valence-corrected chi connectivity index (χ4v) is 2.11. The van der Waals surface area contributed by atoms with Crippen molar-refractivity contribution in [3.8, 4) is 11.5 Å². The summed E-state index contributed by atoms with van der Waals surface area (Å²) in [5.41, 5.74) is 0.956. The van der Waals surface area contributed by atoms with Gasteiger partial charge in [0.15, 0.2) is 0 Å². The van der Waals surface area contributed by atoms with Gasteiger partial charge in [-0.05, 0) is 25.0 Å². The third kappa shape index (κ3) is 2.35. The first-order valence-electron chi connectivity index (χ1n) is 5.83. The Balaban J connectivity index is 2.33. The lowest BCUT2D eigenvalue weighted by Crippen LogP contribution is -2.34. The molecule has 0 amide bonds. The molecule has 1 fully saturated rings.